The number of aryl methyl sites for hydroxylation is 2. The van der Waals surface area contributed by atoms with Crippen molar-refractivity contribution in [2.75, 3.05) is 0 Å². The average molecular weight is 334 g/mol. The Kier molecular flexibility index (Phi) is 3.79. The van der Waals surface area contributed by atoms with Crippen molar-refractivity contribution in [1.29, 1.82) is 0 Å². The first kappa shape index (κ1) is 14.9. The Labute approximate surface area is 132 Å². The fourth-order valence-electron chi connectivity index (χ4n) is 2.29. The van der Waals surface area contributed by atoms with E-state index in [0.717, 1.165) is 16.8 Å². The van der Waals surface area contributed by atoms with Gasteiger partial charge in [0.1, 0.15) is 9.96 Å². The number of sulfone groups is 1. The van der Waals surface area contributed by atoms with Gasteiger partial charge in [-0.3, -0.25) is 0 Å². The van der Waals surface area contributed by atoms with Gasteiger partial charge in [-0.25, -0.2) is 8.42 Å². The van der Waals surface area contributed by atoms with E-state index in [1.807, 2.05) is 32.0 Å². The summed E-state index contributed by atoms with van der Waals surface area (Å²) in [5, 5.41) is 13.3. The van der Waals surface area contributed by atoms with Gasteiger partial charge in [0.2, 0.25) is 0 Å². The van der Waals surface area contributed by atoms with Gasteiger partial charge in [0, 0.05) is 0 Å². The van der Waals surface area contributed by atoms with E-state index in [1.54, 1.807) is 17.5 Å². The molecule has 0 unspecified atom stereocenters. The molecule has 0 saturated heterocycles. The Bertz CT molecular complexity index is 879. The van der Waals surface area contributed by atoms with Gasteiger partial charge >= 0.3 is 0 Å². The van der Waals surface area contributed by atoms with E-state index in [4.69, 9.17) is 0 Å². The van der Waals surface area contributed by atoms with Gasteiger partial charge in [0.05, 0.1) is 5.69 Å². The SMILES string of the molecule is Cc1cccc(C)c1-n1nnnc1CS(=O)(=O)c1cccs1. The monoisotopic (exact) mass is 334 g/mol. The number of nitrogens with zero attached hydrogens (tertiary/aromatic N) is 4. The van der Waals surface area contributed by atoms with Gasteiger partial charge in [-0.15, -0.1) is 16.4 Å². The van der Waals surface area contributed by atoms with Crippen LogP contribution in [-0.4, -0.2) is 28.6 Å². The Morgan fingerprint density at radius 2 is 1.86 bits per heavy atom. The third kappa shape index (κ3) is 2.67. The fraction of sp³-hybridized carbons (Fsp3) is 0.214. The van der Waals surface area contributed by atoms with Crippen LogP contribution in [0.25, 0.3) is 5.69 Å². The molecule has 0 N–H and O–H groups in total. The zero-order chi connectivity index (χ0) is 15.7. The molecule has 0 aliphatic heterocycles. The van der Waals surface area contributed by atoms with Crippen LogP contribution in [0.3, 0.4) is 0 Å². The Balaban J connectivity index is 2.04. The van der Waals surface area contributed by atoms with E-state index >= 15 is 0 Å². The molecule has 3 rings (SSSR count). The molecule has 0 fully saturated rings. The second-order valence-electron chi connectivity index (χ2n) is 4.94. The highest BCUT2D eigenvalue weighted by atomic mass is 32.2. The van der Waals surface area contributed by atoms with Crippen LogP contribution in [0.15, 0.2) is 39.9 Å². The molecule has 2 heterocycles. The lowest BCUT2D eigenvalue weighted by Gasteiger charge is -2.10. The molecule has 2 aromatic heterocycles. The lowest BCUT2D eigenvalue weighted by atomic mass is 10.1. The Morgan fingerprint density at radius 3 is 2.50 bits per heavy atom. The molecule has 0 spiro atoms. The highest BCUT2D eigenvalue weighted by molar-refractivity contribution is 7.92. The molecule has 0 amide bonds. The van der Waals surface area contributed by atoms with Crippen LogP contribution in [0.1, 0.15) is 17.0 Å². The normalized spacial score (nSPS) is 11.7. The topological polar surface area (TPSA) is 77.7 Å². The van der Waals surface area contributed by atoms with Crippen LogP contribution in [0.4, 0.5) is 0 Å². The van der Waals surface area contributed by atoms with Crippen molar-refractivity contribution >= 4 is 21.2 Å². The number of rotatable bonds is 4. The largest absolute Gasteiger partial charge is 0.222 e. The maximum atomic E-state index is 12.4. The highest BCUT2D eigenvalue weighted by Gasteiger charge is 2.22. The predicted octanol–water partition coefficient (Wildman–Crippen LogP) is 2.31. The predicted molar refractivity (Wildman–Crippen MR) is 83.8 cm³/mol. The summed E-state index contributed by atoms with van der Waals surface area (Å²) in [7, 11) is -3.44. The average Bonchev–Trinajstić information content (AvgIpc) is 3.10. The highest BCUT2D eigenvalue weighted by Crippen LogP contribution is 2.23. The van der Waals surface area contributed by atoms with Crippen molar-refractivity contribution in [2.45, 2.75) is 23.8 Å². The molecule has 0 aliphatic carbocycles. The van der Waals surface area contributed by atoms with Crippen molar-refractivity contribution in [2.24, 2.45) is 0 Å². The second-order valence-corrected chi connectivity index (χ2v) is 8.10. The van der Waals surface area contributed by atoms with E-state index in [1.165, 1.54) is 16.0 Å². The fourth-order valence-corrected chi connectivity index (χ4v) is 4.62. The van der Waals surface area contributed by atoms with E-state index in [-0.39, 0.29) is 5.75 Å². The number of tetrazole rings is 1. The summed E-state index contributed by atoms with van der Waals surface area (Å²) in [5.74, 6) is 0.0830. The van der Waals surface area contributed by atoms with Crippen molar-refractivity contribution in [3.8, 4) is 5.69 Å². The minimum atomic E-state index is -3.44. The Hall–Kier alpha value is -2.06. The number of aromatic nitrogens is 4. The van der Waals surface area contributed by atoms with Gasteiger partial charge < -0.3 is 0 Å². The van der Waals surface area contributed by atoms with E-state index in [2.05, 4.69) is 15.5 Å². The molecule has 1 aromatic carbocycles. The van der Waals surface area contributed by atoms with Gasteiger partial charge in [0.25, 0.3) is 0 Å². The van der Waals surface area contributed by atoms with Crippen molar-refractivity contribution in [3.05, 3.63) is 52.7 Å². The van der Waals surface area contributed by atoms with E-state index in [9.17, 15) is 8.42 Å². The number of para-hydroxylation sites is 1. The van der Waals surface area contributed by atoms with Crippen molar-refractivity contribution in [3.63, 3.8) is 0 Å². The van der Waals surface area contributed by atoms with Gasteiger partial charge in [-0.2, -0.15) is 4.68 Å². The van der Waals surface area contributed by atoms with E-state index < -0.39 is 9.84 Å². The number of benzene rings is 1. The molecule has 8 heteroatoms. The number of hydrogen-bond donors (Lipinski definition) is 0. The lowest BCUT2D eigenvalue weighted by Crippen LogP contribution is -2.12. The second kappa shape index (κ2) is 5.62. The molecule has 114 valence electrons. The standard InChI is InChI=1S/C14H14N4O2S2/c1-10-5-3-6-11(2)14(10)18-12(15-16-17-18)9-22(19,20)13-7-4-8-21-13/h3-8H,9H2,1-2H3. The zero-order valence-electron chi connectivity index (χ0n) is 12.1. The third-order valence-electron chi connectivity index (χ3n) is 3.31. The summed E-state index contributed by atoms with van der Waals surface area (Å²) >= 11 is 1.19. The summed E-state index contributed by atoms with van der Waals surface area (Å²) < 4.78 is 26.7. The smallest absolute Gasteiger partial charge is 0.195 e. The first-order valence-corrected chi connectivity index (χ1v) is 9.12. The Morgan fingerprint density at radius 1 is 1.14 bits per heavy atom. The van der Waals surface area contributed by atoms with Crippen LogP contribution in [-0.2, 0) is 15.6 Å². The van der Waals surface area contributed by atoms with Gasteiger partial charge in [0.15, 0.2) is 15.7 Å². The molecule has 0 atom stereocenters. The van der Waals surface area contributed by atoms with Crippen LogP contribution < -0.4 is 0 Å². The molecule has 6 nitrogen and oxygen atoms in total. The molecule has 3 aromatic rings. The summed E-state index contributed by atoms with van der Waals surface area (Å²) in [5.41, 5.74) is 2.80. The number of hydrogen-bond acceptors (Lipinski definition) is 6. The van der Waals surface area contributed by atoms with Crippen molar-refractivity contribution in [1.82, 2.24) is 20.2 Å². The molecule has 0 saturated carbocycles. The van der Waals surface area contributed by atoms with Gasteiger partial charge in [-0.1, -0.05) is 24.3 Å². The van der Waals surface area contributed by atoms with Gasteiger partial charge in [-0.05, 0) is 46.8 Å². The number of thiophene rings is 1. The third-order valence-corrected chi connectivity index (χ3v) is 6.41. The maximum absolute atomic E-state index is 12.4. The first-order valence-electron chi connectivity index (χ1n) is 6.59. The molecule has 0 radical (unpaired) electrons. The van der Waals surface area contributed by atoms with Crippen molar-refractivity contribution < 1.29 is 8.42 Å². The quantitative estimate of drug-likeness (QED) is 0.732. The van der Waals surface area contributed by atoms with Crippen LogP contribution in [0.5, 0.6) is 0 Å². The zero-order valence-corrected chi connectivity index (χ0v) is 13.7. The van der Waals surface area contributed by atoms with E-state index in [0.29, 0.717) is 10.0 Å². The first-order chi connectivity index (χ1) is 10.5. The minimum Gasteiger partial charge on any atom is -0.222 e. The maximum Gasteiger partial charge on any atom is 0.195 e. The van der Waals surface area contributed by atoms with Crippen LogP contribution in [0, 0.1) is 13.8 Å². The molecular weight excluding hydrogens is 320 g/mol. The van der Waals surface area contributed by atoms with Crippen LogP contribution in [0.2, 0.25) is 0 Å². The lowest BCUT2D eigenvalue weighted by molar-refractivity contribution is 0.594. The summed E-state index contributed by atoms with van der Waals surface area (Å²) in [6.45, 7) is 3.89. The minimum absolute atomic E-state index is 0.228. The summed E-state index contributed by atoms with van der Waals surface area (Å²) in [6.07, 6.45) is 0. The van der Waals surface area contributed by atoms with Crippen LogP contribution >= 0.6 is 11.3 Å². The molecule has 22 heavy (non-hydrogen) atoms. The molecule has 0 aliphatic rings. The molecule has 0 bridgehead atoms. The summed E-state index contributed by atoms with van der Waals surface area (Å²) in [6, 6.07) is 9.14. The summed E-state index contributed by atoms with van der Waals surface area (Å²) in [4.78, 5) is 0. The molecular formula is C14H14N4O2S2.